The van der Waals surface area contributed by atoms with E-state index in [1.807, 2.05) is 17.0 Å². The number of hydrogen-bond acceptors (Lipinski definition) is 6. The van der Waals surface area contributed by atoms with Crippen molar-refractivity contribution in [1.82, 2.24) is 14.7 Å². The summed E-state index contributed by atoms with van der Waals surface area (Å²) in [5, 5.41) is 0. The van der Waals surface area contributed by atoms with E-state index in [1.165, 1.54) is 10.5 Å². The Morgan fingerprint density at radius 1 is 1.03 bits per heavy atom. The van der Waals surface area contributed by atoms with Gasteiger partial charge in [0.2, 0.25) is 18.6 Å². The van der Waals surface area contributed by atoms with Gasteiger partial charge in [-0.15, -0.1) is 0 Å². The van der Waals surface area contributed by atoms with Gasteiger partial charge in [0.25, 0.3) is 0 Å². The predicted octanol–water partition coefficient (Wildman–Crippen LogP) is 2.38. The van der Waals surface area contributed by atoms with Gasteiger partial charge < -0.3 is 14.4 Å². The van der Waals surface area contributed by atoms with E-state index >= 15 is 0 Å². The first-order chi connectivity index (χ1) is 16.6. The zero-order valence-corrected chi connectivity index (χ0v) is 19.0. The molecule has 9 heteroatoms. The molecule has 34 heavy (non-hydrogen) atoms. The van der Waals surface area contributed by atoms with Crippen molar-refractivity contribution in [3.8, 4) is 11.5 Å². The van der Waals surface area contributed by atoms with Crippen molar-refractivity contribution in [2.24, 2.45) is 10.9 Å². The molecule has 4 aliphatic rings. The van der Waals surface area contributed by atoms with E-state index in [0.29, 0.717) is 44.6 Å². The Balaban J connectivity index is 1.03. The molecule has 1 unspecified atom stereocenters. The van der Waals surface area contributed by atoms with E-state index in [-0.39, 0.29) is 18.6 Å². The van der Waals surface area contributed by atoms with E-state index in [2.05, 4.69) is 16.0 Å². The van der Waals surface area contributed by atoms with Crippen molar-refractivity contribution < 1.29 is 23.9 Å². The number of piperazine rings is 1. The van der Waals surface area contributed by atoms with Gasteiger partial charge in [0, 0.05) is 45.7 Å². The first-order valence-corrected chi connectivity index (χ1v) is 11.8. The topological polar surface area (TPSA) is 91.8 Å². The molecule has 178 valence electrons. The van der Waals surface area contributed by atoms with E-state index in [0.717, 1.165) is 31.1 Å². The van der Waals surface area contributed by atoms with Crippen LogP contribution >= 0.6 is 0 Å². The lowest BCUT2D eigenvalue weighted by Gasteiger charge is -2.35. The second-order valence-corrected chi connectivity index (χ2v) is 8.83. The molecule has 5 rings (SSSR count). The maximum absolute atomic E-state index is 12.6. The van der Waals surface area contributed by atoms with Gasteiger partial charge in [-0.25, -0.2) is 4.79 Å². The summed E-state index contributed by atoms with van der Waals surface area (Å²) in [6.07, 6.45) is 8.66. The SMILES string of the molecule is O=C(CCCCN1C(=O)N=C2C=CC=CC2C1=O)N1CCN(Cc2ccc3c(c2)OCO3)CC1. The summed E-state index contributed by atoms with van der Waals surface area (Å²) < 4.78 is 10.8. The van der Waals surface area contributed by atoms with Gasteiger partial charge in [0.15, 0.2) is 11.5 Å². The smallest absolute Gasteiger partial charge is 0.350 e. The molecule has 4 amide bonds. The van der Waals surface area contributed by atoms with Crippen LogP contribution in [-0.2, 0) is 16.1 Å². The summed E-state index contributed by atoms with van der Waals surface area (Å²) in [6, 6.07) is 5.50. The lowest BCUT2D eigenvalue weighted by Crippen LogP contribution is -2.48. The van der Waals surface area contributed by atoms with Crippen molar-refractivity contribution in [3.05, 3.63) is 48.1 Å². The zero-order chi connectivity index (χ0) is 23.5. The second kappa shape index (κ2) is 9.80. The number of carbonyl (C=O) groups excluding carboxylic acids is 3. The Kier molecular flexibility index (Phi) is 6.44. The molecule has 9 nitrogen and oxygen atoms in total. The highest BCUT2D eigenvalue weighted by Gasteiger charge is 2.35. The van der Waals surface area contributed by atoms with Crippen LogP contribution in [0.4, 0.5) is 4.79 Å². The molecule has 0 aromatic heterocycles. The van der Waals surface area contributed by atoms with Gasteiger partial charge in [-0.3, -0.25) is 19.4 Å². The number of imide groups is 1. The zero-order valence-electron chi connectivity index (χ0n) is 19.0. The van der Waals surface area contributed by atoms with Gasteiger partial charge in [-0.1, -0.05) is 24.3 Å². The quantitative estimate of drug-likeness (QED) is 0.576. The summed E-state index contributed by atoms with van der Waals surface area (Å²) in [5.74, 6) is 0.991. The van der Waals surface area contributed by atoms with Gasteiger partial charge >= 0.3 is 6.03 Å². The predicted molar refractivity (Wildman–Crippen MR) is 125 cm³/mol. The van der Waals surface area contributed by atoms with Gasteiger partial charge in [-0.2, -0.15) is 4.99 Å². The fraction of sp³-hybridized carbons (Fsp3) is 0.440. The fourth-order valence-electron chi connectivity index (χ4n) is 4.64. The van der Waals surface area contributed by atoms with E-state index in [9.17, 15) is 14.4 Å². The number of nitrogens with zero attached hydrogens (tertiary/aromatic N) is 4. The molecule has 0 saturated carbocycles. The summed E-state index contributed by atoms with van der Waals surface area (Å²) in [5.41, 5.74) is 1.67. The number of rotatable bonds is 7. The van der Waals surface area contributed by atoms with Crippen LogP contribution in [0.3, 0.4) is 0 Å². The molecule has 0 bridgehead atoms. The minimum atomic E-state index is -0.513. The molecule has 1 aromatic rings. The van der Waals surface area contributed by atoms with Crippen molar-refractivity contribution in [2.75, 3.05) is 39.5 Å². The Morgan fingerprint density at radius 2 is 1.85 bits per heavy atom. The normalized spacial score (nSPS) is 21.6. The van der Waals surface area contributed by atoms with Crippen LogP contribution in [0.25, 0.3) is 0 Å². The molecule has 3 heterocycles. The fourth-order valence-corrected chi connectivity index (χ4v) is 4.64. The average Bonchev–Trinajstić information content (AvgIpc) is 3.32. The molecule has 0 radical (unpaired) electrons. The molecule has 1 fully saturated rings. The van der Waals surface area contributed by atoms with Crippen molar-refractivity contribution >= 4 is 23.6 Å². The van der Waals surface area contributed by atoms with Crippen LogP contribution < -0.4 is 9.47 Å². The molecule has 0 N–H and O–H groups in total. The van der Waals surface area contributed by atoms with Crippen LogP contribution in [0.15, 0.2) is 47.5 Å². The van der Waals surface area contributed by atoms with E-state index in [4.69, 9.17) is 9.47 Å². The Bertz CT molecular complexity index is 1070. The number of unbranched alkanes of at least 4 members (excludes halogenated alkanes) is 1. The standard InChI is InChI=1S/C25H28N4O5/c30-23(7-3-4-10-29-24(31)19-5-1-2-6-20(19)26-25(29)32)28-13-11-27(12-14-28)16-18-8-9-21-22(15-18)34-17-33-21/h1-2,5-6,8-9,15,19H,3-4,7,10-14,16-17H2. The van der Waals surface area contributed by atoms with Crippen LogP contribution in [0, 0.1) is 5.92 Å². The molecular formula is C25H28N4O5. The van der Waals surface area contributed by atoms with Crippen molar-refractivity contribution in [3.63, 3.8) is 0 Å². The van der Waals surface area contributed by atoms with Crippen molar-refractivity contribution in [2.45, 2.75) is 25.8 Å². The summed E-state index contributed by atoms with van der Waals surface area (Å²) >= 11 is 0. The molecule has 1 aliphatic carbocycles. The van der Waals surface area contributed by atoms with Crippen molar-refractivity contribution in [1.29, 1.82) is 0 Å². The average molecular weight is 465 g/mol. The highest BCUT2D eigenvalue weighted by molar-refractivity contribution is 6.21. The number of carbonyl (C=O) groups is 3. The first kappa shape index (κ1) is 22.3. The monoisotopic (exact) mass is 464 g/mol. The molecule has 3 aliphatic heterocycles. The third-order valence-electron chi connectivity index (χ3n) is 6.58. The number of allylic oxidation sites excluding steroid dienone is 3. The minimum absolute atomic E-state index is 0.125. The summed E-state index contributed by atoms with van der Waals surface area (Å²) in [6.45, 7) is 4.42. The molecule has 1 aromatic carbocycles. The lowest BCUT2D eigenvalue weighted by atomic mass is 9.95. The highest BCUT2D eigenvalue weighted by Crippen LogP contribution is 2.32. The third-order valence-corrected chi connectivity index (χ3v) is 6.58. The first-order valence-electron chi connectivity index (χ1n) is 11.8. The molecular weight excluding hydrogens is 436 g/mol. The van der Waals surface area contributed by atoms with Crippen LogP contribution in [0.1, 0.15) is 24.8 Å². The Morgan fingerprint density at radius 3 is 2.71 bits per heavy atom. The maximum atomic E-state index is 12.6. The van der Waals surface area contributed by atoms with Gasteiger partial charge in [0.1, 0.15) is 0 Å². The maximum Gasteiger partial charge on any atom is 0.350 e. The second-order valence-electron chi connectivity index (χ2n) is 8.83. The molecule has 1 saturated heterocycles. The highest BCUT2D eigenvalue weighted by atomic mass is 16.7. The van der Waals surface area contributed by atoms with Gasteiger partial charge in [-0.05, 0) is 36.6 Å². The van der Waals surface area contributed by atoms with E-state index in [1.54, 1.807) is 24.3 Å². The Labute approximate surface area is 198 Å². The van der Waals surface area contributed by atoms with Crippen LogP contribution in [0.2, 0.25) is 0 Å². The number of aliphatic imine (C=N–C) groups is 1. The Hall–Kier alpha value is -3.46. The van der Waals surface area contributed by atoms with Crippen LogP contribution in [0.5, 0.6) is 11.5 Å². The molecule has 0 spiro atoms. The number of hydrogen-bond donors (Lipinski definition) is 0. The number of urea groups is 1. The van der Waals surface area contributed by atoms with Crippen LogP contribution in [-0.4, -0.2) is 77.8 Å². The third kappa shape index (κ3) is 4.75. The number of fused-ring (bicyclic) bond motifs is 2. The van der Waals surface area contributed by atoms with E-state index < -0.39 is 11.9 Å². The number of amides is 4. The number of benzene rings is 1. The molecule has 1 atom stereocenters. The number of ether oxygens (including phenoxy) is 2. The lowest BCUT2D eigenvalue weighted by molar-refractivity contribution is -0.133. The summed E-state index contributed by atoms with van der Waals surface area (Å²) in [4.78, 5) is 46.9. The summed E-state index contributed by atoms with van der Waals surface area (Å²) in [7, 11) is 0. The van der Waals surface area contributed by atoms with Gasteiger partial charge in [0.05, 0.1) is 11.6 Å². The largest absolute Gasteiger partial charge is 0.454 e. The minimum Gasteiger partial charge on any atom is -0.454 e.